The van der Waals surface area contributed by atoms with Gasteiger partial charge in [0.1, 0.15) is 0 Å². The van der Waals surface area contributed by atoms with Crippen LogP contribution in [0.1, 0.15) is 28.9 Å². The van der Waals surface area contributed by atoms with Gasteiger partial charge < -0.3 is 9.80 Å². The van der Waals surface area contributed by atoms with E-state index < -0.39 is 0 Å². The van der Waals surface area contributed by atoms with E-state index in [4.69, 9.17) is 0 Å². The van der Waals surface area contributed by atoms with Crippen molar-refractivity contribution in [1.82, 2.24) is 24.6 Å². The number of likely N-dealkylation sites (N-methyl/N-ethyl adjacent to an activating group) is 1. The number of rotatable bonds is 6. The highest BCUT2D eigenvalue weighted by molar-refractivity contribution is 5.97. The fourth-order valence-electron chi connectivity index (χ4n) is 3.95. The molecule has 3 aromatic rings. The highest BCUT2D eigenvalue weighted by Crippen LogP contribution is 2.21. The maximum absolute atomic E-state index is 13.3. The van der Waals surface area contributed by atoms with Gasteiger partial charge in [0.15, 0.2) is 0 Å². The zero-order valence-corrected chi connectivity index (χ0v) is 16.8. The van der Waals surface area contributed by atoms with Gasteiger partial charge in [0.05, 0.1) is 11.3 Å². The summed E-state index contributed by atoms with van der Waals surface area (Å²) in [5.74, 6) is 0.0823. The van der Waals surface area contributed by atoms with E-state index in [2.05, 4.69) is 28.1 Å². The van der Waals surface area contributed by atoms with Crippen molar-refractivity contribution < 1.29 is 4.79 Å². The first kappa shape index (κ1) is 19.3. The van der Waals surface area contributed by atoms with Gasteiger partial charge >= 0.3 is 0 Å². The Morgan fingerprint density at radius 3 is 2.79 bits per heavy atom. The van der Waals surface area contributed by atoms with E-state index in [-0.39, 0.29) is 5.91 Å². The molecule has 0 bridgehead atoms. The molecule has 150 valence electrons. The van der Waals surface area contributed by atoms with Crippen molar-refractivity contribution in [3.63, 3.8) is 0 Å². The number of hydrogen-bond acceptors (Lipinski definition) is 4. The Hall–Kier alpha value is -2.99. The highest BCUT2D eigenvalue weighted by atomic mass is 16.2. The van der Waals surface area contributed by atoms with Crippen LogP contribution in [0.4, 0.5) is 0 Å². The zero-order valence-electron chi connectivity index (χ0n) is 16.8. The van der Waals surface area contributed by atoms with Crippen LogP contribution >= 0.6 is 0 Å². The topological polar surface area (TPSA) is 54.3 Å². The Bertz CT molecular complexity index is 925. The smallest absolute Gasteiger partial charge is 0.256 e. The summed E-state index contributed by atoms with van der Waals surface area (Å²) < 4.78 is 1.76. The van der Waals surface area contributed by atoms with Crippen molar-refractivity contribution in [2.45, 2.75) is 25.3 Å². The highest BCUT2D eigenvalue weighted by Gasteiger charge is 2.28. The third kappa shape index (κ3) is 4.54. The van der Waals surface area contributed by atoms with Crippen LogP contribution < -0.4 is 0 Å². The van der Waals surface area contributed by atoms with Gasteiger partial charge in [-0.15, -0.1) is 0 Å². The van der Waals surface area contributed by atoms with E-state index in [1.54, 1.807) is 10.9 Å². The lowest BCUT2D eigenvalue weighted by molar-refractivity contribution is 0.0611. The fraction of sp³-hybridized carbons (Fsp3) is 0.348. The van der Waals surface area contributed by atoms with E-state index in [9.17, 15) is 4.79 Å². The molecule has 1 amide bonds. The maximum Gasteiger partial charge on any atom is 0.256 e. The molecule has 6 nitrogen and oxygen atoms in total. The number of carbonyl (C=O) groups is 1. The van der Waals surface area contributed by atoms with Gasteiger partial charge in [-0.25, -0.2) is 4.68 Å². The minimum atomic E-state index is 0.0823. The summed E-state index contributed by atoms with van der Waals surface area (Å²) in [7, 11) is 2.15. The second-order valence-electron chi connectivity index (χ2n) is 7.57. The van der Waals surface area contributed by atoms with Crippen LogP contribution in [0.5, 0.6) is 0 Å². The molecule has 6 heteroatoms. The van der Waals surface area contributed by atoms with Crippen molar-refractivity contribution in [3.8, 4) is 5.69 Å². The average Bonchev–Trinajstić information content (AvgIpc) is 3.32. The van der Waals surface area contributed by atoms with Crippen LogP contribution in [0, 0.1) is 0 Å². The maximum atomic E-state index is 13.3. The molecule has 1 saturated heterocycles. The van der Waals surface area contributed by atoms with Crippen LogP contribution in [-0.2, 0) is 6.42 Å². The average molecular weight is 390 g/mol. The number of piperidine rings is 1. The molecule has 0 radical (unpaired) electrons. The third-order valence-corrected chi connectivity index (χ3v) is 5.64. The molecular weight excluding hydrogens is 362 g/mol. The molecule has 0 unspecified atom stereocenters. The Morgan fingerprint density at radius 2 is 2.00 bits per heavy atom. The van der Waals surface area contributed by atoms with Gasteiger partial charge in [-0.1, -0.05) is 18.2 Å². The van der Waals surface area contributed by atoms with Crippen molar-refractivity contribution in [3.05, 3.63) is 78.4 Å². The van der Waals surface area contributed by atoms with Crippen LogP contribution in [0.25, 0.3) is 5.69 Å². The largest absolute Gasteiger partial charge is 0.337 e. The monoisotopic (exact) mass is 389 g/mol. The molecule has 1 fully saturated rings. The summed E-state index contributed by atoms with van der Waals surface area (Å²) in [6, 6.07) is 16.0. The second kappa shape index (κ2) is 9.01. The fourth-order valence-corrected chi connectivity index (χ4v) is 3.95. The number of carbonyl (C=O) groups excluding carboxylic acids is 1. The number of benzene rings is 1. The molecule has 29 heavy (non-hydrogen) atoms. The Labute approximate surface area is 171 Å². The van der Waals surface area contributed by atoms with Gasteiger partial charge in [0.2, 0.25) is 0 Å². The van der Waals surface area contributed by atoms with Crippen LogP contribution in [0.2, 0.25) is 0 Å². The lowest BCUT2D eigenvalue weighted by atomic mass is 10.0. The lowest BCUT2D eigenvalue weighted by Crippen LogP contribution is -2.49. The molecule has 0 N–H and O–H groups in total. The number of amides is 1. The molecule has 1 atom stereocenters. The molecule has 1 aliphatic heterocycles. The number of nitrogens with zero attached hydrogens (tertiary/aromatic N) is 5. The quantitative estimate of drug-likeness (QED) is 0.650. The Morgan fingerprint density at radius 1 is 1.14 bits per heavy atom. The number of hydrogen-bond donors (Lipinski definition) is 0. The summed E-state index contributed by atoms with van der Waals surface area (Å²) in [6.07, 6.45) is 8.50. The number of para-hydroxylation sites is 1. The van der Waals surface area contributed by atoms with Gasteiger partial charge in [-0.05, 0) is 50.2 Å². The van der Waals surface area contributed by atoms with Crippen LogP contribution in [0.3, 0.4) is 0 Å². The molecule has 2 aromatic heterocycles. The minimum absolute atomic E-state index is 0.0823. The first-order chi connectivity index (χ1) is 14.2. The Kier molecular flexibility index (Phi) is 6.00. The standard InChI is InChI=1S/C23H27N5O/c1-26(17-12-19-8-4-5-13-24-19)20-9-6-15-27(18-20)23(29)21-10-2-3-11-22(21)28-16-7-14-25-28/h2-5,7-8,10-11,13-14,16,20H,6,9,12,15,17-18H2,1H3/t20-/m1/s1. The second-order valence-corrected chi connectivity index (χ2v) is 7.57. The first-order valence-electron chi connectivity index (χ1n) is 10.2. The summed E-state index contributed by atoms with van der Waals surface area (Å²) in [6.45, 7) is 2.50. The zero-order chi connectivity index (χ0) is 20.1. The molecule has 0 aliphatic carbocycles. The SMILES string of the molecule is CN(CCc1ccccn1)[C@@H]1CCCN(C(=O)c2ccccc2-n2cccn2)C1. The Balaban J connectivity index is 1.43. The van der Waals surface area contributed by atoms with Crippen molar-refractivity contribution in [1.29, 1.82) is 0 Å². The summed E-state index contributed by atoms with van der Waals surface area (Å²) in [4.78, 5) is 22.1. The van der Waals surface area contributed by atoms with E-state index in [0.29, 0.717) is 11.6 Å². The van der Waals surface area contributed by atoms with Gasteiger partial charge in [-0.2, -0.15) is 5.10 Å². The summed E-state index contributed by atoms with van der Waals surface area (Å²) >= 11 is 0. The normalized spacial score (nSPS) is 16.9. The van der Waals surface area contributed by atoms with Crippen molar-refractivity contribution in [2.75, 3.05) is 26.7 Å². The molecule has 0 saturated carbocycles. The van der Waals surface area contributed by atoms with Crippen LogP contribution in [0.15, 0.2) is 67.1 Å². The van der Waals surface area contributed by atoms with Crippen molar-refractivity contribution in [2.24, 2.45) is 0 Å². The number of pyridine rings is 1. The van der Waals surface area contributed by atoms with Crippen molar-refractivity contribution >= 4 is 5.91 Å². The minimum Gasteiger partial charge on any atom is -0.337 e. The van der Waals surface area contributed by atoms with E-state index in [0.717, 1.165) is 50.3 Å². The molecule has 4 rings (SSSR count). The predicted molar refractivity (Wildman–Crippen MR) is 113 cm³/mol. The van der Waals surface area contributed by atoms with E-state index in [1.807, 2.05) is 59.8 Å². The summed E-state index contributed by atoms with van der Waals surface area (Å²) in [5, 5.41) is 4.30. The number of aromatic nitrogens is 3. The molecule has 1 aliphatic rings. The molecular formula is C23H27N5O. The third-order valence-electron chi connectivity index (χ3n) is 5.64. The molecule has 3 heterocycles. The van der Waals surface area contributed by atoms with Gasteiger partial charge in [-0.3, -0.25) is 9.78 Å². The molecule has 1 aromatic carbocycles. The van der Waals surface area contributed by atoms with Crippen LogP contribution in [-0.4, -0.2) is 63.2 Å². The molecule has 0 spiro atoms. The van der Waals surface area contributed by atoms with E-state index in [1.165, 1.54) is 0 Å². The number of likely N-dealkylation sites (tertiary alicyclic amines) is 1. The van der Waals surface area contributed by atoms with E-state index >= 15 is 0 Å². The van der Waals surface area contributed by atoms with Gasteiger partial charge in [0.25, 0.3) is 5.91 Å². The predicted octanol–water partition coefficient (Wildman–Crippen LogP) is 3.05. The lowest BCUT2D eigenvalue weighted by Gasteiger charge is -2.38. The first-order valence-corrected chi connectivity index (χ1v) is 10.2. The van der Waals surface area contributed by atoms with Gasteiger partial charge in [0, 0.05) is 56.4 Å². The summed E-state index contributed by atoms with van der Waals surface area (Å²) in [5.41, 5.74) is 2.64.